The average Bonchev–Trinajstić information content (AvgIpc) is 2.16. The van der Waals surface area contributed by atoms with E-state index in [1.165, 1.54) is 18.4 Å². The average molecular weight is 206 g/mol. The number of carbonyl (C=O) groups is 1. The van der Waals surface area contributed by atoms with Crippen LogP contribution in [-0.4, -0.2) is 5.78 Å². The molecule has 1 rings (SSSR count). The van der Waals surface area contributed by atoms with E-state index in [9.17, 15) is 4.79 Å². The summed E-state index contributed by atoms with van der Waals surface area (Å²) in [6, 6.07) is 0. The minimum Gasteiger partial charge on any atom is -0.300 e. The van der Waals surface area contributed by atoms with Gasteiger partial charge < -0.3 is 4.79 Å². The number of Topliss-reactive ketones (excluding diaryl/α,β-unsaturated/α-hetero) is 1. The van der Waals surface area contributed by atoms with Crippen LogP contribution in [0.25, 0.3) is 0 Å². The normalized spacial score (nSPS) is 16.3. The van der Waals surface area contributed by atoms with Gasteiger partial charge in [-0.1, -0.05) is 37.1 Å². The molecule has 0 aromatic heterocycles. The smallest absolute Gasteiger partial charge is 0.130 e. The summed E-state index contributed by atoms with van der Waals surface area (Å²) >= 11 is 0. The van der Waals surface area contributed by atoms with Gasteiger partial charge in [0.15, 0.2) is 0 Å². The van der Waals surface area contributed by atoms with Crippen LogP contribution >= 0.6 is 0 Å². The van der Waals surface area contributed by atoms with E-state index in [2.05, 4.69) is 26.0 Å². The van der Waals surface area contributed by atoms with Crippen molar-refractivity contribution in [1.82, 2.24) is 0 Å². The molecule has 15 heavy (non-hydrogen) atoms. The van der Waals surface area contributed by atoms with Gasteiger partial charge in [-0.2, -0.15) is 0 Å². The van der Waals surface area contributed by atoms with E-state index >= 15 is 0 Å². The van der Waals surface area contributed by atoms with Gasteiger partial charge in [0, 0.05) is 6.42 Å². The molecule has 0 radical (unpaired) electrons. The Labute approximate surface area is 93.3 Å². The lowest BCUT2D eigenvalue weighted by Gasteiger charge is -2.15. The molecule has 0 spiro atoms. The van der Waals surface area contributed by atoms with E-state index in [0.29, 0.717) is 12.2 Å². The summed E-state index contributed by atoms with van der Waals surface area (Å²) in [5.41, 5.74) is 3.01. The molecular formula is C14H22O. The van der Waals surface area contributed by atoms with Crippen LogP contribution in [0.4, 0.5) is 0 Å². The SMILES string of the molecule is CC(=O)CCC1=CC=C(CC(C)C)CC1. The summed E-state index contributed by atoms with van der Waals surface area (Å²) in [4.78, 5) is 10.9. The first-order valence-corrected chi connectivity index (χ1v) is 5.95. The molecule has 0 N–H and O–H groups in total. The first-order chi connectivity index (χ1) is 7.08. The summed E-state index contributed by atoms with van der Waals surface area (Å²) in [7, 11) is 0. The molecule has 1 aliphatic carbocycles. The lowest BCUT2D eigenvalue weighted by molar-refractivity contribution is -0.116. The van der Waals surface area contributed by atoms with E-state index < -0.39 is 0 Å². The van der Waals surface area contributed by atoms with Crippen molar-refractivity contribution in [2.75, 3.05) is 0 Å². The lowest BCUT2D eigenvalue weighted by Crippen LogP contribution is -1.99. The molecule has 0 saturated carbocycles. The Hall–Kier alpha value is -0.850. The molecule has 0 amide bonds. The number of hydrogen-bond donors (Lipinski definition) is 0. The third kappa shape index (κ3) is 4.96. The quantitative estimate of drug-likeness (QED) is 0.663. The van der Waals surface area contributed by atoms with Crippen LogP contribution in [0.1, 0.15) is 52.9 Å². The zero-order chi connectivity index (χ0) is 11.3. The Kier molecular flexibility index (Phi) is 4.80. The second-order valence-corrected chi connectivity index (χ2v) is 4.95. The highest BCUT2D eigenvalue weighted by Gasteiger charge is 2.08. The maximum absolute atomic E-state index is 10.9. The minimum absolute atomic E-state index is 0.299. The molecule has 0 bridgehead atoms. The Morgan fingerprint density at radius 2 is 1.87 bits per heavy atom. The van der Waals surface area contributed by atoms with Gasteiger partial charge in [0.1, 0.15) is 5.78 Å². The molecule has 1 aliphatic rings. The van der Waals surface area contributed by atoms with E-state index in [1.807, 2.05) is 0 Å². The van der Waals surface area contributed by atoms with E-state index in [-0.39, 0.29) is 0 Å². The second kappa shape index (κ2) is 5.89. The number of carbonyl (C=O) groups excluding carboxylic acids is 1. The molecule has 0 fully saturated rings. The molecule has 0 aromatic carbocycles. The van der Waals surface area contributed by atoms with E-state index in [0.717, 1.165) is 18.8 Å². The molecule has 1 nitrogen and oxygen atoms in total. The molecule has 0 unspecified atom stereocenters. The first kappa shape index (κ1) is 12.2. The number of hydrogen-bond acceptors (Lipinski definition) is 1. The second-order valence-electron chi connectivity index (χ2n) is 4.95. The molecule has 0 saturated heterocycles. The first-order valence-electron chi connectivity index (χ1n) is 5.95. The fourth-order valence-electron chi connectivity index (χ4n) is 1.96. The summed E-state index contributed by atoms with van der Waals surface area (Å²) in [5.74, 6) is 1.05. The van der Waals surface area contributed by atoms with Gasteiger partial charge in [0.2, 0.25) is 0 Å². The van der Waals surface area contributed by atoms with Gasteiger partial charge >= 0.3 is 0 Å². The predicted octanol–water partition coefficient (Wildman–Crippen LogP) is 4.05. The number of ketones is 1. The highest BCUT2D eigenvalue weighted by Crippen LogP contribution is 2.25. The number of allylic oxidation sites excluding steroid dienone is 4. The standard InChI is InChI=1S/C14H22O/c1-11(2)10-14-8-6-13(7-9-14)5-4-12(3)15/h6,8,11H,4-5,7,9-10H2,1-3H3. The monoisotopic (exact) mass is 206 g/mol. The molecular weight excluding hydrogens is 184 g/mol. The molecule has 1 heteroatoms. The fourth-order valence-corrected chi connectivity index (χ4v) is 1.96. The Morgan fingerprint density at radius 3 is 2.33 bits per heavy atom. The van der Waals surface area contributed by atoms with Gasteiger partial charge in [-0.15, -0.1) is 0 Å². The van der Waals surface area contributed by atoms with Crippen molar-refractivity contribution in [1.29, 1.82) is 0 Å². The van der Waals surface area contributed by atoms with Gasteiger partial charge in [-0.25, -0.2) is 0 Å². The van der Waals surface area contributed by atoms with E-state index in [1.54, 1.807) is 12.5 Å². The van der Waals surface area contributed by atoms with E-state index in [4.69, 9.17) is 0 Å². The number of rotatable bonds is 5. The summed E-state index contributed by atoms with van der Waals surface area (Å²) in [5, 5.41) is 0. The van der Waals surface area contributed by atoms with Crippen molar-refractivity contribution in [3.63, 3.8) is 0 Å². The Balaban J connectivity index is 2.41. The van der Waals surface area contributed by atoms with Crippen LogP contribution in [0.5, 0.6) is 0 Å². The zero-order valence-electron chi connectivity index (χ0n) is 10.2. The maximum atomic E-state index is 10.9. The van der Waals surface area contributed by atoms with Crippen molar-refractivity contribution in [3.8, 4) is 0 Å². The van der Waals surface area contributed by atoms with Crippen molar-refractivity contribution in [3.05, 3.63) is 23.3 Å². The molecule has 0 atom stereocenters. The zero-order valence-corrected chi connectivity index (χ0v) is 10.2. The van der Waals surface area contributed by atoms with Crippen LogP contribution in [0.2, 0.25) is 0 Å². The van der Waals surface area contributed by atoms with Crippen molar-refractivity contribution >= 4 is 5.78 Å². The van der Waals surface area contributed by atoms with Gasteiger partial charge in [-0.05, 0) is 38.5 Å². The molecule has 0 heterocycles. The summed E-state index contributed by atoms with van der Waals surface area (Å²) in [6.07, 6.45) is 9.73. The maximum Gasteiger partial charge on any atom is 0.130 e. The van der Waals surface area contributed by atoms with Gasteiger partial charge in [-0.3, -0.25) is 0 Å². The van der Waals surface area contributed by atoms with Crippen LogP contribution < -0.4 is 0 Å². The van der Waals surface area contributed by atoms with Crippen LogP contribution in [0, 0.1) is 5.92 Å². The van der Waals surface area contributed by atoms with Crippen molar-refractivity contribution < 1.29 is 4.79 Å². The predicted molar refractivity (Wildman–Crippen MR) is 64.8 cm³/mol. The third-order valence-electron chi connectivity index (χ3n) is 2.79. The fraction of sp³-hybridized carbons (Fsp3) is 0.643. The molecule has 0 aliphatic heterocycles. The summed E-state index contributed by atoms with van der Waals surface area (Å²) in [6.45, 7) is 6.19. The molecule has 84 valence electrons. The largest absolute Gasteiger partial charge is 0.300 e. The van der Waals surface area contributed by atoms with Crippen molar-refractivity contribution in [2.24, 2.45) is 5.92 Å². The third-order valence-corrected chi connectivity index (χ3v) is 2.79. The Bertz CT molecular complexity index is 282. The minimum atomic E-state index is 0.299. The lowest BCUT2D eigenvalue weighted by atomic mass is 9.90. The topological polar surface area (TPSA) is 17.1 Å². The molecule has 0 aromatic rings. The highest BCUT2D eigenvalue weighted by atomic mass is 16.1. The van der Waals surface area contributed by atoms with Crippen molar-refractivity contribution in [2.45, 2.75) is 52.9 Å². The van der Waals surface area contributed by atoms with Crippen LogP contribution in [-0.2, 0) is 4.79 Å². The van der Waals surface area contributed by atoms with Crippen LogP contribution in [0.15, 0.2) is 23.3 Å². The summed E-state index contributed by atoms with van der Waals surface area (Å²) < 4.78 is 0. The van der Waals surface area contributed by atoms with Gasteiger partial charge in [0.05, 0.1) is 0 Å². The Morgan fingerprint density at radius 1 is 1.27 bits per heavy atom. The van der Waals surface area contributed by atoms with Gasteiger partial charge in [0.25, 0.3) is 0 Å². The van der Waals surface area contributed by atoms with Crippen LogP contribution in [0.3, 0.4) is 0 Å². The highest BCUT2D eigenvalue weighted by molar-refractivity contribution is 5.75.